The van der Waals surface area contributed by atoms with Crippen LogP contribution in [0.5, 0.6) is 11.5 Å². The van der Waals surface area contributed by atoms with Gasteiger partial charge in [0.25, 0.3) is 0 Å². The van der Waals surface area contributed by atoms with Crippen molar-refractivity contribution in [2.24, 2.45) is 0 Å². The lowest BCUT2D eigenvalue weighted by Crippen LogP contribution is -2.49. The minimum Gasteiger partial charge on any atom is -0.497 e. The fraction of sp³-hybridized carbons (Fsp3) is 0.551. The van der Waals surface area contributed by atoms with Crippen LogP contribution in [0, 0.1) is 27.7 Å². The molecule has 96 heavy (non-hydrogen) atoms. The SMILES string of the molecule is CC(C)(C)OC(=O)N1CCC(OCCn2ccnc2)(c2cccnc2)CC1.COc1cc(C)c(S(=O)(=O)N2CCCC[C@H]2COCC(=O)N2CCC(OCCn3ccnc3)(c3cccnc3)CC2)c(C)c1.COc1cc(C)c(S(=O)(=O)N2CCCC[C@H]2COCC(=O)O)c(C)c1. The number of amides is 2. The Hall–Kier alpha value is -7.37. The average Bonchev–Trinajstić information content (AvgIpc) is 0.965. The fourth-order valence-electron chi connectivity index (χ4n) is 13.0. The number of carbonyl (C=O) groups is 3. The monoisotopic (exact) mass is 1370 g/mol. The first-order valence-electron chi connectivity index (χ1n) is 32.9. The lowest BCUT2D eigenvalue weighted by Gasteiger charge is -2.42. The molecule has 524 valence electrons. The quantitative estimate of drug-likeness (QED) is 0.0592. The first-order chi connectivity index (χ1) is 45.9. The van der Waals surface area contributed by atoms with Crippen LogP contribution in [-0.2, 0) is 77.6 Å². The number of piperidine rings is 4. The van der Waals surface area contributed by atoms with Gasteiger partial charge in [0.05, 0.1) is 74.3 Å². The van der Waals surface area contributed by atoms with Crippen LogP contribution in [0.2, 0.25) is 0 Å². The van der Waals surface area contributed by atoms with Gasteiger partial charge in [-0.3, -0.25) is 14.8 Å². The maximum atomic E-state index is 13.8. The Balaban J connectivity index is 0.000000196. The van der Waals surface area contributed by atoms with E-state index in [1.165, 1.54) is 4.31 Å². The number of benzene rings is 2. The number of aliphatic carboxylic acids is 1. The maximum absolute atomic E-state index is 13.8. The highest BCUT2D eigenvalue weighted by atomic mass is 32.2. The number of carbonyl (C=O) groups excluding carboxylic acids is 2. The fourth-order valence-corrected chi connectivity index (χ4v) is 17.2. The van der Waals surface area contributed by atoms with Gasteiger partial charge in [-0.1, -0.05) is 25.0 Å². The number of carboxylic acids is 1. The van der Waals surface area contributed by atoms with Crippen molar-refractivity contribution in [2.75, 3.05) is 93.1 Å². The summed E-state index contributed by atoms with van der Waals surface area (Å²) >= 11 is 0. The lowest BCUT2D eigenvalue weighted by atomic mass is 9.85. The van der Waals surface area contributed by atoms with Gasteiger partial charge in [0.2, 0.25) is 26.0 Å². The van der Waals surface area contributed by atoms with E-state index in [0.29, 0.717) is 141 Å². The summed E-state index contributed by atoms with van der Waals surface area (Å²) in [6.45, 7) is 18.1. The molecule has 4 aliphatic rings. The smallest absolute Gasteiger partial charge is 0.410 e. The van der Waals surface area contributed by atoms with E-state index in [4.69, 9.17) is 38.3 Å². The zero-order chi connectivity index (χ0) is 69.1. The summed E-state index contributed by atoms with van der Waals surface area (Å²) in [4.78, 5) is 57.1. The summed E-state index contributed by atoms with van der Waals surface area (Å²) in [6, 6.07) is 14.2. The number of nitrogens with zero attached hydrogens (tertiary/aromatic N) is 10. The molecule has 2 aromatic carbocycles. The van der Waals surface area contributed by atoms with Crippen LogP contribution >= 0.6 is 0 Å². The van der Waals surface area contributed by atoms with E-state index >= 15 is 0 Å². The van der Waals surface area contributed by atoms with E-state index in [1.54, 1.807) is 113 Å². The molecule has 4 aromatic heterocycles. The molecule has 25 nitrogen and oxygen atoms in total. The molecule has 2 amide bonds. The molecule has 0 unspecified atom stereocenters. The summed E-state index contributed by atoms with van der Waals surface area (Å²) in [7, 11) is -4.33. The van der Waals surface area contributed by atoms with Crippen LogP contribution in [0.25, 0.3) is 0 Å². The van der Waals surface area contributed by atoms with Crippen LogP contribution in [0.3, 0.4) is 0 Å². The maximum Gasteiger partial charge on any atom is 0.410 e. The Morgan fingerprint density at radius 3 is 1.35 bits per heavy atom. The highest BCUT2D eigenvalue weighted by molar-refractivity contribution is 7.89. The molecule has 0 radical (unpaired) electrons. The third kappa shape index (κ3) is 19.7. The van der Waals surface area contributed by atoms with Gasteiger partial charge in [-0.25, -0.2) is 36.4 Å². The number of hydrogen-bond acceptors (Lipinski definition) is 18. The van der Waals surface area contributed by atoms with Crippen LogP contribution < -0.4 is 9.47 Å². The second-order valence-electron chi connectivity index (χ2n) is 25.8. The molecule has 0 spiro atoms. The van der Waals surface area contributed by atoms with Crippen molar-refractivity contribution in [1.29, 1.82) is 0 Å². The molecule has 4 aliphatic heterocycles. The molecule has 1 N–H and O–H groups in total. The van der Waals surface area contributed by atoms with Crippen molar-refractivity contribution in [3.8, 4) is 11.5 Å². The van der Waals surface area contributed by atoms with Gasteiger partial charge in [-0.05, 0) is 158 Å². The van der Waals surface area contributed by atoms with Crippen LogP contribution in [0.15, 0.2) is 121 Å². The van der Waals surface area contributed by atoms with Gasteiger partial charge >= 0.3 is 12.1 Å². The van der Waals surface area contributed by atoms with Crippen LogP contribution in [0.4, 0.5) is 4.79 Å². The van der Waals surface area contributed by atoms with Gasteiger partial charge in [-0.2, -0.15) is 8.61 Å². The number of likely N-dealkylation sites (tertiary alicyclic amines) is 2. The van der Waals surface area contributed by atoms with Gasteiger partial charge in [0.1, 0.15) is 30.3 Å². The topological polar surface area (TPSA) is 279 Å². The standard InChI is InChI=1S/C32H43N5O6S.C20H28N4O3.C17H25NO6S/c1-25-19-29(41-3)20-26(2)31(25)44(39,40)37-13-5-4-8-28(37)22-42-23-30(38)36-14-9-32(10-15-36,27-7-6-11-33-21-27)43-18-17-35-16-12-34-24-35;1-19(2,3)27-18(25)24-10-6-20(7-11-24,17-5-4-8-21-15-17)26-14-13-23-12-9-22-16-23;1-12-8-15(23-3)9-13(2)17(12)25(21,22)18-7-5-4-6-14(18)10-24-11-16(19)20/h6-7,11-12,16,19-21,24,28H,4-5,8-10,13-15,17-18,22-23H2,1-3H3;4-5,8-9,12,15-16H,6-7,10-11,13-14H2,1-3H3;8-9,14H,4-7,10-11H2,1-3H3,(H,19,20)/t28-;;14-/m0.0/s1. The molecule has 6 aromatic rings. The summed E-state index contributed by atoms with van der Waals surface area (Å²) < 4.78 is 101. The molecule has 27 heteroatoms. The highest BCUT2D eigenvalue weighted by Gasteiger charge is 2.42. The third-order valence-electron chi connectivity index (χ3n) is 17.8. The lowest BCUT2D eigenvalue weighted by molar-refractivity contribution is -0.145. The predicted octanol–water partition coefficient (Wildman–Crippen LogP) is 8.88. The van der Waals surface area contributed by atoms with E-state index in [0.717, 1.165) is 43.4 Å². The third-order valence-corrected chi connectivity index (χ3v) is 22.3. The zero-order valence-electron chi connectivity index (χ0n) is 57.0. The van der Waals surface area contributed by atoms with E-state index in [-0.39, 0.29) is 43.9 Å². The summed E-state index contributed by atoms with van der Waals surface area (Å²) in [5.74, 6) is 0.0867. The van der Waals surface area contributed by atoms with E-state index in [1.807, 2.05) is 83.9 Å². The molecule has 2 atom stereocenters. The van der Waals surface area contributed by atoms with Gasteiger partial charge in [0, 0.05) is 125 Å². The highest BCUT2D eigenvalue weighted by Crippen LogP contribution is 2.40. The summed E-state index contributed by atoms with van der Waals surface area (Å²) in [6.07, 6.45) is 25.3. The number of hydrogen-bond donors (Lipinski definition) is 1. The van der Waals surface area contributed by atoms with E-state index in [9.17, 15) is 31.2 Å². The number of pyridine rings is 2. The number of aryl methyl sites for hydroxylation is 4. The molecular weight excluding hydrogens is 1270 g/mol. The Labute approximate surface area is 565 Å². The van der Waals surface area contributed by atoms with Crippen LogP contribution in [0.1, 0.15) is 118 Å². The predicted molar refractivity (Wildman–Crippen MR) is 358 cm³/mol. The minimum absolute atomic E-state index is 0.0831. The molecular formula is C69H96N10O15S2. The second kappa shape index (κ2) is 34.2. The Morgan fingerprint density at radius 1 is 0.573 bits per heavy atom. The number of ether oxygens (including phenoxy) is 7. The molecule has 4 saturated heterocycles. The van der Waals surface area contributed by atoms with Gasteiger partial charge < -0.3 is 57.2 Å². The molecule has 4 fully saturated rings. The zero-order valence-corrected chi connectivity index (χ0v) is 58.6. The molecule has 0 aliphatic carbocycles. The summed E-state index contributed by atoms with van der Waals surface area (Å²) in [5, 5.41) is 8.70. The van der Waals surface area contributed by atoms with E-state index < -0.39 is 49.4 Å². The summed E-state index contributed by atoms with van der Waals surface area (Å²) in [5.41, 5.74) is 3.18. The van der Waals surface area contributed by atoms with Crippen molar-refractivity contribution in [3.05, 3.63) is 144 Å². The molecule has 0 saturated carbocycles. The number of aromatic nitrogens is 6. The largest absolute Gasteiger partial charge is 0.497 e. The number of sulfonamides is 2. The van der Waals surface area contributed by atoms with E-state index in [2.05, 4.69) is 19.9 Å². The van der Waals surface area contributed by atoms with Crippen molar-refractivity contribution in [2.45, 2.75) is 164 Å². The Morgan fingerprint density at radius 2 is 0.990 bits per heavy atom. The number of imidazole rings is 2. The van der Waals surface area contributed by atoms with Crippen LogP contribution in [-0.4, -0.2) is 198 Å². The first-order valence-corrected chi connectivity index (χ1v) is 35.7. The van der Waals surface area contributed by atoms with Crippen molar-refractivity contribution in [1.82, 2.24) is 47.5 Å². The normalized spacial score (nSPS) is 18.5. The second-order valence-corrected chi connectivity index (χ2v) is 29.4. The molecule has 8 heterocycles. The molecule has 0 bridgehead atoms. The first kappa shape index (κ1) is 74.4. The average molecular weight is 1370 g/mol. The van der Waals surface area contributed by atoms with Crippen molar-refractivity contribution >= 4 is 38.0 Å². The minimum atomic E-state index is -3.75. The Bertz CT molecular complexity index is 3630. The number of methoxy groups -OCH3 is 2. The number of rotatable bonds is 24. The van der Waals surface area contributed by atoms with Crippen molar-refractivity contribution < 1.29 is 69.5 Å². The number of carboxylic acid groups (broad SMARTS) is 1. The van der Waals surface area contributed by atoms with Gasteiger partial charge in [-0.15, -0.1) is 0 Å². The van der Waals surface area contributed by atoms with Gasteiger partial charge in [0.15, 0.2) is 0 Å². The Kier molecular flexibility index (Phi) is 26.5. The van der Waals surface area contributed by atoms with Crippen molar-refractivity contribution in [3.63, 3.8) is 0 Å². The molecule has 10 rings (SSSR count).